The van der Waals surface area contributed by atoms with E-state index in [4.69, 9.17) is 5.73 Å². The maximum Gasteiger partial charge on any atom is 0.288 e. The van der Waals surface area contributed by atoms with Crippen molar-refractivity contribution in [2.45, 2.75) is 25.9 Å². The number of aliphatic hydroxyl groups is 1. The molecule has 3 rings (SSSR count). The van der Waals surface area contributed by atoms with Gasteiger partial charge in [0.05, 0.1) is 16.1 Å². The van der Waals surface area contributed by atoms with Crippen molar-refractivity contribution in [1.29, 1.82) is 0 Å². The first-order valence-electron chi connectivity index (χ1n) is 9.73. The zero-order valence-corrected chi connectivity index (χ0v) is 18.4. The molecule has 0 saturated carbocycles. The number of aromatic nitrogens is 1. The predicted octanol–water partition coefficient (Wildman–Crippen LogP) is 4.13. The highest BCUT2D eigenvalue weighted by Crippen LogP contribution is 2.33. The number of carbonyl (C=O) groups is 1. The smallest absolute Gasteiger partial charge is 0.288 e. The Bertz CT molecular complexity index is 1150. The molecule has 2 heterocycles. The molecule has 9 nitrogen and oxygen atoms in total. The third-order valence-corrected chi connectivity index (χ3v) is 5.27. The Balaban J connectivity index is 1.93. The van der Waals surface area contributed by atoms with Gasteiger partial charge in [-0.1, -0.05) is 0 Å². The van der Waals surface area contributed by atoms with Gasteiger partial charge in [0.2, 0.25) is 0 Å². The Morgan fingerprint density at radius 3 is 2.81 bits per heavy atom. The lowest BCUT2D eigenvalue weighted by molar-refractivity contribution is -0.385. The summed E-state index contributed by atoms with van der Waals surface area (Å²) in [5, 5.41) is 27.5. The minimum Gasteiger partial charge on any atom is -0.398 e. The van der Waals surface area contributed by atoms with E-state index in [1.807, 2.05) is 16.8 Å². The van der Waals surface area contributed by atoms with Gasteiger partial charge < -0.3 is 16.2 Å². The van der Waals surface area contributed by atoms with Crippen molar-refractivity contribution in [2.75, 3.05) is 17.6 Å². The van der Waals surface area contributed by atoms with E-state index in [9.17, 15) is 20.0 Å². The highest BCUT2D eigenvalue weighted by Gasteiger charge is 2.16. The first-order chi connectivity index (χ1) is 15.1. The Hall–Kier alpha value is -3.63. The Kier molecular flexibility index (Phi) is 6.96. The number of nitrogens with zero attached hydrogens (tertiary/aromatic N) is 3. The number of pyridine rings is 1. The largest absolute Gasteiger partial charge is 0.398 e. The van der Waals surface area contributed by atoms with Crippen LogP contribution in [0.4, 0.5) is 17.1 Å². The van der Waals surface area contributed by atoms with Gasteiger partial charge in [0.15, 0.2) is 0 Å². The van der Waals surface area contributed by atoms with Gasteiger partial charge in [0.1, 0.15) is 6.20 Å². The maximum absolute atomic E-state index is 12.8. The lowest BCUT2D eigenvalue weighted by atomic mass is 10.0. The SMILES string of the molecule is CC(C)(O)CCN=Cc1cc(NC(=O)c2cncc([N+](=O)[O-])c2)c(-c2ccsc2)cc1N. The van der Waals surface area contributed by atoms with Crippen LogP contribution in [-0.4, -0.2) is 39.3 Å². The summed E-state index contributed by atoms with van der Waals surface area (Å²) in [6.07, 6.45) is 4.44. The molecular weight excluding hydrogens is 430 g/mol. The molecule has 32 heavy (non-hydrogen) atoms. The Morgan fingerprint density at radius 2 is 2.16 bits per heavy atom. The van der Waals surface area contributed by atoms with Crippen molar-refractivity contribution in [1.82, 2.24) is 4.98 Å². The van der Waals surface area contributed by atoms with E-state index in [1.54, 1.807) is 32.2 Å². The molecule has 166 valence electrons. The number of benzene rings is 1. The van der Waals surface area contributed by atoms with Crippen molar-refractivity contribution in [2.24, 2.45) is 4.99 Å². The first kappa shape index (κ1) is 23.0. The molecule has 0 atom stereocenters. The number of thiophene rings is 1. The van der Waals surface area contributed by atoms with Crippen LogP contribution in [0.15, 0.2) is 52.4 Å². The average Bonchev–Trinajstić information content (AvgIpc) is 3.27. The van der Waals surface area contributed by atoms with E-state index >= 15 is 0 Å². The van der Waals surface area contributed by atoms with Crippen LogP contribution in [0.1, 0.15) is 36.2 Å². The van der Waals surface area contributed by atoms with Crippen LogP contribution in [0.5, 0.6) is 0 Å². The molecule has 0 aliphatic heterocycles. The van der Waals surface area contributed by atoms with Crippen LogP contribution in [0.25, 0.3) is 11.1 Å². The molecule has 0 spiro atoms. The summed E-state index contributed by atoms with van der Waals surface area (Å²) in [6.45, 7) is 3.84. The molecule has 0 unspecified atom stereocenters. The highest BCUT2D eigenvalue weighted by molar-refractivity contribution is 7.08. The summed E-state index contributed by atoms with van der Waals surface area (Å²) in [7, 11) is 0. The summed E-state index contributed by atoms with van der Waals surface area (Å²) < 4.78 is 0. The third kappa shape index (κ3) is 5.96. The van der Waals surface area contributed by atoms with Crippen molar-refractivity contribution >= 4 is 40.5 Å². The van der Waals surface area contributed by atoms with Crippen LogP contribution < -0.4 is 11.1 Å². The predicted molar refractivity (Wildman–Crippen MR) is 126 cm³/mol. The van der Waals surface area contributed by atoms with E-state index in [1.165, 1.54) is 23.6 Å². The van der Waals surface area contributed by atoms with Crippen LogP contribution in [0, 0.1) is 10.1 Å². The van der Waals surface area contributed by atoms with Crippen molar-refractivity contribution in [3.8, 4) is 11.1 Å². The van der Waals surface area contributed by atoms with Crippen molar-refractivity contribution < 1.29 is 14.8 Å². The minimum atomic E-state index is -0.822. The zero-order chi connectivity index (χ0) is 23.3. The van der Waals surface area contributed by atoms with Gasteiger partial charge >= 0.3 is 0 Å². The number of hydrogen-bond donors (Lipinski definition) is 3. The van der Waals surface area contributed by atoms with E-state index in [0.29, 0.717) is 35.5 Å². The van der Waals surface area contributed by atoms with Gasteiger partial charge in [-0.3, -0.25) is 24.9 Å². The molecule has 0 bridgehead atoms. The van der Waals surface area contributed by atoms with E-state index in [0.717, 1.165) is 11.8 Å². The molecule has 0 radical (unpaired) electrons. The molecule has 3 aromatic rings. The molecule has 1 aromatic carbocycles. The molecular formula is C22H23N5O4S. The molecule has 2 aromatic heterocycles. The molecule has 1 amide bonds. The van der Waals surface area contributed by atoms with Crippen molar-refractivity contribution in [3.05, 3.63) is 68.7 Å². The first-order valence-corrected chi connectivity index (χ1v) is 10.7. The van der Waals surface area contributed by atoms with E-state index in [-0.39, 0.29) is 11.3 Å². The number of nitro groups is 1. The molecule has 0 aliphatic rings. The summed E-state index contributed by atoms with van der Waals surface area (Å²) >= 11 is 1.50. The van der Waals surface area contributed by atoms with Gasteiger partial charge in [-0.15, -0.1) is 0 Å². The monoisotopic (exact) mass is 453 g/mol. The third-order valence-electron chi connectivity index (χ3n) is 4.58. The molecule has 0 aliphatic carbocycles. The zero-order valence-electron chi connectivity index (χ0n) is 17.6. The van der Waals surface area contributed by atoms with Crippen LogP contribution in [0.2, 0.25) is 0 Å². The fraction of sp³-hybridized carbons (Fsp3) is 0.227. The standard InChI is InChI=1S/C22H23N5O4S/c1-22(2,29)4-5-24-10-15-8-20(18(9-19(15)23)14-3-6-32-13-14)26-21(28)16-7-17(27(30)31)12-25-11-16/h3,6-13,29H,4-5,23H2,1-2H3,(H,26,28). The van der Waals surface area contributed by atoms with Gasteiger partial charge in [0, 0.05) is 47.5 Å². The topological polar surface area (TPSA) is 144 Å². The van der Waals surface area contributed by atoms with Gasteiger partial charge in [-0.05, 0) is 54.8 Å². The minimum absolute atomic E-state index is 0.0627. The number of nitrogens with two attached hydrogens (primary N) is 1. The Labute approximate surface area is 188 Å². The van der Waals surface area contributed by atoms with Gasteiger partial charge in [-0.2, -0.15) is 11.3 Å². The van der Waals surface area contributed by atoms with Crippen LogP contribution in [-0.2, 0) is 0 Å². The lowest BCUT2D eigenvalue weighted by Gasteiger charge is -2.15. The maximum atomic E-state index is 12.8. The number of hydrogen-bond acceptors (Lipinski definition) is 8. The van der Waals surface area contributed by atoms with Crippen LogP contribution in [0.3, 0.4) is 0 Å². The molecule has 4 N–H and O–H groups in total. The van der Waals surface area contributed by atoms with E-state index in [2.05, 4.69) is 15.3 Å². The van der Waals surface area contributed by atoms with Gasteiger partial charge in [-0.25, -0.2) is 0 Å². The summed E-state index contributed by atoms with van der Waals surface area (Å²) in [5.74, 6) is -0.535. The number of anilines is 2. The van der Waals surface area contributed by atoms with E-state index < -0.39 is 16.4 Å². The van der Waals surface area contributed by atoms with Gasteiger partial charge in [0.25, 0.3) is 11.6 Å². The Morgan fingerprint density at radius 1 is 1.38 bits per heavy atom. The number of nitrogens with one attached hydrogen (secondary N) is 1. The molecule has 10 heteroatoms. The summed E-state index contributed by atoms with van der Waals surface area (Å²) in [6, 6.07) is 6.53. The quantitative estimate of drug-likeness (QED) is 0.202. The average molecular weight is 454 g/mol. The highest BCUT2D eigenvalue weighted by atomic mass is 32.1. The van der Waals surface area contributed by atoms with Crippen LogP contribution >= 0.6 is 11.3 Å². The summed E-state index contributed by atoms with van der Waals surface area (Å²) in [4.78, 5) is 31.3. The normalized spacial score (nSPS) is 11.6. The second-order valence-electron chi connectivity index (χ2n) is 7.78. The number of amides is 1. The molecule has 0 fully saturated rings. The summed E-state index contributed by atoms with van der Waals surface area (Å²) in [5.41, 5.74) is 8.35. The fourth-order valence-electron chi connectivity index (χ4n) is 2.85. The molecule has 0 saturated heterocycles. The second-order valence-corrected chi connectivity index (χ2v) is 8.56. The fourth-order valence-corrected chi connectivity index (χ4v) is 3.51. The number of aliphatic imine (C=N–C) groups is 1. The van der Waals surface area contributed by atoms with Crippen molar-refractivity contribution in [3.63, 3.8) is 0 Å². The second kappa shape index (κ2) is 9.67. The number of carbonyl (C=O) groups excluding carboxylic acids is 1. The number of nitrogen functional groups attached to an aromatic ring is 1. The lowest BCUT2D eigenvalue weighted by Crippen LogP contribution is -2.19. The number of rotatable bonds is 8.